The van der Waals surface area contributed by atoms with Crippen molar-refractivity contribution < 1.29 is 9.59 Å². The predicted molar refractivity (Wildman–Crippen MR) is 97.6 cm³/mol. The summed E-state index contributed by atoms with van der Waals surface area (Å²) in [6.45, 7) is 3.38. The first-order valence-corrected chi connectivity index (χ1v) is 9.76. The van der Waals surface area contributed by atoms with E-state index in [2.05, 4.69) is 5.32 Å². The fraction of sp³-hybridized carbons (Fsp3) is 0.600. The van der Waals surface area contributed by atoms with Crippen LogP contribution in [0.3, 0.4) is 0 Å². The van der Waals surface area contributed by atoms with Crippen molar-refractivity contribution in [2.75, 3.05) is 13.1 Å². The van der Waals surface area contributed by atoms with Gasteiger partial charge in [-0.1, -0.05) is 18.0 Å². The number of aryl methyl sites for hydroxylation is 1. The van der Waals surface area contributed by atoms with Crippen LogP contribution in [0.15, 0.2) is 18.2 Å². The van der Waals surface area contributed by atoms with Gasteiger partial charge in [-0.15, -0.1) is 0 Å². The maximum atomic E-state index is 12.7. The van der Waals surface area contributed by atoms with Crippen LogP contribution in [-0.2, 0) is 4.79 Å². The number of halogens is 1. The molecule has 25 heavy (non-hydrogen) atoms. The first-order chi connectivity index (χ1) is 12.0. The number of amides is 2. The van der Waals surface area contributed by atoms with E-state index in [4.69, 9.17) is 11.6 Å². The Balaban J connectivity index is 1.44. The van der Waals surface area contributed by atoms with Crippen LogP contribution in [0, 0.1) is 24.7 Å². The highest BCUT2D eigenvalue weighted by molar-refractivity contribution is 6.31. The normalized spacial score (nSPS) is 26.4. The number of rotatable bonds is 4. The molecule has 1 saturated heterocycles. The number of hydrogen-bond acceptors (Lipinski definition) is 2. The van der Waals surface area contributed by atoms with E-state index in [1.165, 1.54) is 19.3 Å². The van der Waals surface area contributed by atoms with E-state index in [9.17, 15) is 9.59 Å². The van der Waals surface area contributed by atoms with Gasteiger partial charge in [0, 0.05) is 35.5 Å². The van der Waals surface area contributed by atoms with Crippen molar-refractivity contribution in [1.82, 2.24) is 10.2 Å². The zero-order chi connectivity index (χ0) is 17.6. The van der Waals surface area contributed by atoms with Crippen LogP contribution in [-0.4, -0.2) is 35.8 Å². The van der Waals surface area contributed by atoms with E-state index >= 15 is 0 Å². The van der Waals surface area contributed by atoms with Crippen molar-refractivity contribution in [3.63, 3.8) is 0 Å². The maximum Gasteiger partial charge on any atom is 0.251 e. The average molecular weight is 361 g/mol. The van der Waals surface area contributed by atoms with E-state index in [-0.39, 0.29) is 17.9 Å². The Morgan fingerprint density at radius 3 is 2.52 bits per heavy atom. The minimum absolute atomic E-state index is 0.0617. The molecule has 0 unspecified atom stereocenters. The summed E-state index contributed by atoms with van der Waals surface area (Å²) in [5.74, 6) is 1.54. The Kier molecular flexibility index (Phi) is 4.48. The highest BCUT2D eigenvalue weighted by Gasteiger charge is 2.45. The molecule has 2 atom stereocenters. The van der Waals surface area contributed by atoms with E-state index in [1.54, 1.807) is 12.1 Å². The van der Waals surface area contributed by atoms with Gasteiger partial charge in [0.25, 0.3) is 5.91 Å². The fourth-order valence-corrected chi connectivity index (χ4v) is 4.23. The van der Waals surface area contributed by atoms with Gasteiger partial charge in [0.2, 0.25) is 5.91 Å². The minimum Gasteiger partial charge on any atom is -0.347 e. The van der Waals surface area contributed by atoms with Crippen LogP contribution in [0.4, 0.5) is 0 Å². The number of carbonyl (C=O) groups is 2. The highest BCUT2D eigenvalue weighted by atomic mass is 35.5. The minimum atomic E-state index is -0.0617. The van der Waals surface area contributed by atoms with Gasteiger partial charge in [-0.25, -0.2) is 0 Å². The van der Waals surface area contributed by atoms with Crippen LogP contribution >= 0.6 is 11.6 Å². The van der Waals surface area contributed by atoms with Crippen molar-refractivity contribution in [2.24, 2.45) is 17.8 Å². The summed E-state index contributed by atoms with van der Waals surface area (Å²) in [6, 6.07) is 5.43. The summed E-state index contributed by atoms with van der Waals surface area (Å²) in [7, 11) is 0. The van der Waals surface area contributed by atoms with Gasteiger partial charge >= 0.3 is 0 Å². The van der Waals surface area contributed by atoms with Gasteiger partial charge in [-0.3, -0.25) is 9.59 Å². The van der Waals surface area contributed by atoms with Crippen molar-refractivity contribution in [2.45, 2.75) is 45.1 Å². The van der Waals surface area contributed by atoms with E-state index < -0.39 is 0 Å². The van der Waals surface area contributed by atoms with Crippen LogP contribution in [0.2, 0.25) is 5.02 Å². The lowest BCUT2D eigenvalue weighted by atomic mass is 9.84. The third kappa shape index (κ3) is 3.41. The fourth-order valence-electron chi connectivity index (χ4n) is 4.11. The number of nitrogens with zero attached hydrogens (tertiary/aromatic N) is 1. The van der Waals surface area contributed by atoms with Gasteiger partial charge < -0.3 is 10.2 Å². The monoisotopic (exact) mass is 360 g/mol. The Bertz CT molecular complexity index is 697. The van der Waals surface area contributed by atoms with Crippen molar-refractivity contribution >= 4 is 23.4 Å². The molecule has 1 N–H and O–H groups in total. The van der Waals surface area contributed by atoms with Gasteiger partial charge in [0.15, 0.2) is 0 Å². The molecule has 2 saturated carbocycles. The Morgan fingerprint density at radius 2 is 1.92 bits per heavy atom. The molecule has 0 bridgehead atoms. The first-order valence-electron chi connectivity index (χ1n) is 9.38. The molecule has 2 aliphatic carbocycles. The molecule has 1 aliphatic heterocycles. The number of carbonyl (C=O) groups excluding carboxylic acids is 2. The van der Waals surface area contributed by atoms with Crippen LogP contribution in [0.1, 0.15) is 48.0 Å². The summed E-state index contributed by atoms with van der Waals surface area (Å²) < 4.78 is 0. The second kappa shape index (κ2) is 6.64. The van der Waals surface area contributed by atoms with Crippen LogP contribution in [0.25, 0.3) is 0 Å². The number of benzene rings is 1. The summed E-state index contributed by atoms with van der Waals surface area (Å²) in [5.41, 5.74) is 1.54. The number of likely N-dealkylation sites (tertiary alicyclic amines) is 1. The van der Waals surface area contributed by atoms with Gasteiger partial charge in [-0.2, -0.15) is 0 Å². The third-order valence-corrected chi connectivity index (χ3v) is 6.52. The van der Waals surface area contributed by atoms with Crippen molar-refractivity contribution in [3.8, 4) is 0 Å². The second-order valence-electron chi connectivity index (χ2n) is 7.92. The van der Waals surface area contributed by atoms with Crippen LogP contribution < -0.4 is 5.32 Å². The number of nitrogens with one attached hydrogen (secondary N) is 1. The standard InChI is InChI=1S/C20H25ClN2O2/c1-12-9-15(7-8-17(12)21)19(24)22-18-11-23(10-16(18)13-5-6-13)20(25)14-3-2-4-14/h7-9,13-14,16,18H,2-6,10-11H2,1H3,(H,22,24)/t16-,18+/m0/s1. The molecule has 3 fully saturated rings. The second-order valence-corrected chi connectivity index (χ2v) is 8.32. The first kappa shape index (κ1) is 16.9. The molecule has 3 aliphatic rings. The van der Waals surface area contributed by atoms with E-state index in [0.717, 1.165) is 24.9 Å². The summed E-state index contributed by atoms with van der Waals surface area (Å²) in [5, 5.41) is 3.87. The average Bonchev–Trinajstić information content (AvgIpc) is 3.29. The maximum absolute atomic E-state index is 12.7. The largest absolute Gasteiger partial charge is 0.347 e. The van der Waals surface area contributed by atoms with Gasteiger partial charge in [0.05, 0.1) is 6.04 Å². The van der Waals surface area contributed by atoms with Gasteiger partial charge in [0.1, 0.15) is 0 Å². The highest BCUT2D eigenvalue weighted by Crippen LogP contribution is 2.42. The number of hydrogen-bond donors (Lipinski definition) is 1. The molecule has 1 aromatic carbocycles. The Labute approximate surface area is 153 Å². The SMILES string of the molecule is Cc1cc(C(=O)N[C@@H]2CN(C(=O)C3CCC3)C[C@H]2C2CC2)ccc1Cl. The predicted octanol–water partition coefficient (Wildman–Crippen LogP) is 3.42. The van der Waals surface area contributed by atoms with Gasteiger partial charge in [-0.05, 0) is 62.3 Å². The topological polar surface area (TPSA) is 49.4 Å². The molecule has 1 aromatic rings. The molecule has 134 valence electrons. The van der Waals surface area contributed by atoms with E-state index in [1.807, 2.05) is 17.9 Å². The molecule has 0 aromatic heterocycles. The molecule has 0 spiro atoms. The van der Waals surface area contributed by atoms with Crippen molar-refractivity contribution in [1.29, 1.82) is 0 Å². The molecule has 4 nitrogen and oxygen atoms in total. The zero-order valence-corrected chi connectivity index (χ0v) is 15.4. The summed E-state index contributed by atoms with van der Waals surface area (Å²) in [4.78, 5) is 27.3. The lowest BCUT2D eigenvalue weighted by Crippen LogP contribution is -2.42. The Hall–Kier alpha value is -1.55. The summed E-state index contributed by atoms with van der Waals surface area (Å²) >= 11 is 6.06. The van der Waals surface area contributed by atoms with Crippen molar-refractivity contribution in [3.05, 3.63) is 34.3 Å². The molecule has 1 heterocycles. The molecular weight excluding hydrogens is 336 g/mol. The van der Waals surface area contributed by atoms with E-state index in [0.29, 0.717) is 34.9 Å². The molecule has 5 heteroatoms. The van der Waals surface area contributed by atoms with Crippen LogP contribution in [0.5, 0.6) is 0 Å². The lowest BCUT2D eigenvalue weighted by Gasteiger charge is -2.29. The lowest BCUT2D eigenvalue weighted by molar-refractivity contribution is -0.137. The zero-order valence-electron chi connectivity index (χ0n) is 14.6. The molecule has 4 rings (SSSR count). The molecule has 0 radical (unpaired) electrons. The Morgan fingerprint density at radius 1 is 1.16 bits per heavy atom. The smallest absolute Gasteiger partial charge is 0.251 e. The quantitative estimate of drug-likeness (QED) is 0.894. The molecule has 2 amide bonds. The molecular formula is C20H25ClN2O2. The summed E-state index contributed by atoms with van der Waals surface area (Å²) in [6.07, 6.45) is 5.69. The third-order valence-electron chi connectivity index (χ3n) is 6.10.